The van der Waals surface area contributed by atoms with E-state index in [9.17, 15) is 4.79 Å². The summed E-state index contributed by atoms with van der Waals surface area (Å²) in [5, 5.41) is 13.0. The lowest BCUT2D eigenvalue weighted by molar-refractivity contribution is -0.137. The first-order valence-corrected chi connectivity index (χ1v) is 9.21. The number of carbonyl (C=O) groups is 1. The smallest absolute Gasteiger partial charge is 0.304 e. The fraction of sp³-hybridized carbons (Fsp3) is 0.350. The molecule has 2 aliphatic rings. The molecule has 1 aromatic carbocycles. The number of fused-ring (bicyclic) bond motifs is 2. The van der Waals surface area contributed by atoms with Crippen molar-refractivity contribution in [2.45, 2.75) is 31.2 Å². The van der Waals surface area contributed by atoms with Gasteiger partial charge in [0.15, 0.2) is 0 Å². The van der Waals surface area contributed by atoms with Gasteiger partial charge in [0.05, 0.1) is 6.42 Å². The molecule has 1 aromatic heterocycles. The van der Waals surface area contributed by atoms with Crippen LogP contribution in [0.2, 0.25) is 0 Å². The van der Waals surface area contributed by atoms with Crippen LogP contribution in [0, 0.1) is 11.8 Å². The predicted molar refractivity (Wildman–Crippen MR) is 95.2 cm³/mol. The molecule has 0 atom stereocenters. The maximum absolute atomic E-state index is 10.8. The molecule has 1 saturated carbocycles. The first-order chi connectivity index (χ1) is 11.6. The monoisotopic (exact) mass is 337 g/mol. The molecular formula is C20H19NO2S. The highest BCUT2D eigenvalue weighted by Gasteiger charge is 2.48. The number of thiophene rings is 1. The van der Waals surface area contributed by atoms with E-state index in [-0.39, 0.29) is 11.8 Å². The van der Waals surface area contributed by atoms with Gasteiger partial charge in [-0.3, -0.25) is 9.69 Å². The van der Waals surface area contributed by atoms with Crippen molar-refractivity contribution in [3.05, 3.63) is 57.3 Å². The Hall–Kier alpha value is -2.09. The lowest BCUT2D eigenvalue weighted by Crippen LogP contribution is -2.39. The maximum atomic E-state index is 10.8. The van der Waals surface area contributed by atoms with Crippen LogP contribution in [-0.2, 0) is 16.8 Å². The van der Waals surface area contributed by atoms with E-state index < -0.39 is 5.97 Å². The Bertz CT molecular complexity index is 825. The Labute approximate surface area is 145 Å². The van der Waals surface area contributed by atoms with E-state index in [1.165, 1.54) is 24.0 Å². The van der Waals surface area contributed by atoms with Gasteiger partial charge in [-0.2, -0.15) is 11.3 Å². The minimum atomic E-state index is -0.718. The van der Waals surface area contributed by atoms with E-state index in [0.29, 0.717) is 6.54 Å². The number of nitrogens with zero attached hydrogens (tertiary/aromatic N) is 1. The Morgan fingerprint density at radius 1 is 1.25 bits per heavy atom. The highest BCUT2D eigenvalue weighted by Crippen LogP contribution is 2.52. The predicted octanol–water partition coefficient (Wildman–Crippen LogP) is 3.47. The molecular weight excluding hydrogens is 318 g/mol. The average molecular weight is 337 g/mol. The molecule has 1 aliphatic heterocycles. The molecule has 1 aliphatic carbocycles. The fourth-order valence-corrected chi connectivity index (χ4v) is 4.15. The number of hydrogen-bond donors (Lipinski definition) is 1. The van der Waals surface area contributed by atoms with Crippen LogP contribution in [0.3, 0.4) is 0 Å². The lowest BCUT2D eigenvalue weighted by Gasteiger charge is -2.35. The minimum Gasteiger partial charge on any atom is -0.481 e. The molecule has 24 heavy (non-hydrogen) atoms. The number of rotatable bonds is 3. The van der Waals surface area contributed by atoms with Gasteiger partial charge in [0.2, 0.25) is 0 Å². The molecule has 3 nitrogen and oxygen atoms in total. The highest BCUT2D eigenvalue weighted by atomic mass is 32.1. The third-order valence-electron chi connectivity index (χ3n) is 4.97. The number of aliphatic carboxylic acids is 1. The van der Waals surface area contributed by atoms with Gasteiger partial charge in [-0.05, 0) is 47.5 Å². The zero-order valence-corrected chi connectivity index (χ0v) is 14.2. The minimum absolute atomic E-state index is 0.218. The van der Waals surface area contributed by atoms with Crippen molar-refractivity contribution in [3.8, 4) is 11.8 Å². The molecule has 2 aromatic rings. The molecule has 0 bridgehead atoms. The van der Waals surface area contributed by atoms with Crippen LogP contribution in [0.1, 0.15) is 41.5 Å². The van der Waals surface area contributed by atoms with Gasteiger partial charge in [-0.25, -0.2) is 0 Å². The average Bonchev–Trinajstić information content (AvgIpc) is 3.13. The molecule has 0 saturated heterocycles. The molecule has 1 spiro atoms. The molecule has 2 heterocycles. The summed E-state index contributed by atoms with van der Waals surface area (Å²) in [5.74, 6) is 5.78. The lowest BCUT2D eigenvalue weighted by atomic mass is 9.85. The normalized spacial score (nSPS) is 17.8. The summed E-state index contributed by atoms with van der Waals surface area (Å²) in [5.41, 5.74) is 5.16. The van der Waals surface area contributed by atoms with E-state index in [0.717, 1.165) is 24.2 Å². The first-order valence-electron chi connectivity index (χ1n) is 8.26. The van der Waals surface area contributed by atoms with Gasteiger partial charge < -0.3 is 5.11 Å². The summed E-state index contributed by atoms with van der Waals surface area (Å²) in [6, 6.07) is 8.57. The van der Waals surface area contributed by atoms with Crippen molar-refractivity contribution >= 4 is 17.3 Å². The van der Waals surface area contributed by atoms with Crippen LogP contribution in [0.5, 0.6) is 0 Å². The molecule has 0 unspecified atom stereocenters. The maximum Gasteiger partial charge on any atom is 0.304 e. The number of carboxylic acid groups (broad SMARTS) is 1. The third kappa shape index (κ3) is 3.10. The van der Waals surface area contributed by atoms with Crippen molar-refractivity contribution in [2.75, 3.05) is 13.1 Å². The molecule has 0 amide bonds. The molecule has 4 heteroatoms. The van der Waals surface area contributed by atoms with Crippen LogP contribution in [0.15, 0.2) is 35.0 Å². The molecule has 122 valence electrons. The second-order valence-electron chi connectivity index (χ2n) is 6.77. The zero-order valence-electron chi connectivity index (χ0n) is 13.4. The SMILES string of the molecule is O=C(O)CCN1Cc2ccc(C#Cc3ccsc3)cc2C2(CC2)C1. The second-order valence-corrected chi connectivity index (χ2v) is 7.55. The highest BCUT2D eigenvalue weighted by molar-refractivity contribution is 7.08. The topological polar surface area (TPSA) is 40.5 Å². The van der Waals surface area contributed by atoms with Crippen LogP contribution >= 0.6 is 11.3 Å². The summed E-state index contributed by atoms with van der Waals surface area (Å²) in [4.78, 5) is 13.1. The van der Waals surface area contributed by atoms with Gasteiger partial charge in [-0.1, -0.05) is 17.9 Å². The van der Waals surface area contributed by atoms with Gasteiger partial charge in [0.1, 0.15) is 0 Å². The third-order valence-corrected chi connectivity index (χ3v) is 5.65. The Morgan fingerprint density at radius 2 is 2.08 bits per heavy atom. The van der Waals surface area contributed by atoms with Gasteiger partial charge >= 0.3 is 5.97 Å². The number of benzene rings is 1. The quantitative estimate of drug-likeness (QED) is 0.872. The molecule has 0 radical (unpaired) electrons. The largest absolute Gasteiger partial charge is 0.481 e. The summed E-state index contributed by atoms with van der Waals surface area (Å²) < 4.78 is 0. The Kier molecular flexibility index (Phi) is 3.91. The van der Waals surface area contributed by atoms with Crippen molar-refractivity contribution in [1.82, 2.24) is 4.90 Å². The first kappa shape index (κ1) is 15.4. The summed E-state index contributed by atoms with van der Waals surface area (Å²) in [6.07, 6.45) is 2.62. The van der Waals surface area contributed by atoms with E-state index in [4.69, 9.17) is 5.11 Å². The van der Waals surface area contributed by atoms with E-state index >= 15 is 0 Å². The summed E-state index contributed by atoms with van der Waals surface area (Å²) in [7, 11) is 0. The molecule has 1 N–H and O–H groups in total. The van der Waals surface area contributed by atoms with Gasteiger partial charge in [0, 0.05) is 41.6 Å². The van der Waals surface area contributed by atoms with Crippen LogP contribution in [0.25, 0.3) is 0 Å². The van der Waals surface area contributed by atoms with Crippen LogP contribution in [-0.4, -0.2) is 29.1 Å². The van der Waals surface area contributed by atoms with E-state index in [1.54, 1.807) is 11.3 Å². The van der Waals surface area contributed by atoms with Crippen LogP contribution < -0.4 is 0 Å². The standard InChI is InChI=1S/C20H19NO2S/c22-19(23)5-9-21-12-17-4-3-15(1-2-16-6-10-24-13-16)11-18(17)20(14-21)7-8-20/h3-4,6,10-11,13H,5,7-9,12,14H2,(H,22,23). The van der Waals surface area contributed by atoms with Crippen molar-refractivity contribution < 1.29 is 9.90 Å². The van der Waals surface area contributed by atoms with Crippen molar-refractivity contribution in [2.24, 2.45) is 0 Å². The number of carboxylic acids is 1. The molecule has 4 rings (SSSR count). The fourth-order valence-electron chi connectivity index (χ4n) is 3.57. The van der Waals surface area contributed by atoms with Gasteiger partial charge in [-0.15, -0.1) is 0 Å². The zero-order chi connectivity index (χ0) is 16.6. The van der Waals surface area contributed by atoms with Crippen LogP contribution in [0.4, 0.5) is 0 Å². The number of hydrogen-bond acceptors (Lipinski definition) is 3. The summed E-state index contributed by atoms with van der Waals surface area (Å²) in [6.45, 7) is 2.47. The summed E-state index contributed by atoms with van der Waals surface area (Å²) >= 11 is 1.66. The Balaban J connectivity index is 1.57. The van der Waals surface area contributed by atoms with E-state index in [2.05, 4.69) is 40.3 Å². The van der Waals surface area contributed by atoms with Crippen molar-refractivity contribution in [3.63, 3.8) is 0 Å². The molecule has 1 fully saturated rings. The van der Waals surface area contributed by atoms with Crippen molar-refractivity contribution in [1.29, 1.82) is 0 Å². The van der Waals surface area contributed by atoms with Gasteiger partial charge in [0.25, 0.3) is 0 Å². The van der Waals surface area contributed by atoms with E-state index in [1.807, 2.05) is 11.4 Å². The Morgan fingerprint density at radius 3 is 2.79 bits per heavy atom. The second kappa shape index (κ2) is 6.08.